The number of carbonyl (C=O) groups is 1. The fourth-order valence-corrected chi connectivity index (χ4v) is 3.24. The molecule has 2 rings (SSSR count). The van der Waals surface area contributed by atoms with E-state index < -0.39 is 11.5 Å². The second-order valence-corrected chi connectivity index (χ2v) is 6.31. The summed E-state index contributed by atoms with van der Waals surface area (Å²) in [5, 5.41) is 13.1. The molecular weight excluding hydrogens is 228 g/mol. The number of rotatable bonds is 6. The van der Waals surface area contributed by atoms with Gasteiger partial charge in [-0.1, -0.05) is 0 Å². The molecule has 18 heavy (non-hydrogen) atoms. The topological polar surface area (TPSA) is 52.6 Å². The highest BCUT2D eigenvalue weighted by Gasteiger charge is 2.52. The van der Waals surface area contributed by atoms with Crippen molar-refractivity contribution in [3.05, 3.63) is 0 Å². The normalized spacial score (nSPS) is 28.6. The number of carboxylic acid groups (broad SMARTS) is 1. The van der Waals surface area contributed by atoms with Gasteiger partial charge in [0.05, 0.1) is 0 Å². The summed E-state index contributed by atoms with van der Waals surface area (Å²) in [5.41, 5.74) is -0.729. The summed E-state index contributed by atoms with van der Waals surface area (Å²) in [4.78, 5) is 14.2. The standard InChI is InChI=1S/C14H26N2O2/c1-10(2)15-14(13(17)18,12-6-7-12)9-16-8-4-5-11(16)3/h10-12,15H,4-9H2,1-3H3,(H,17,18). The third-order valence-corrected chi connectivity index (χ3v) is 4.35. The maximum atomic E-state index is 11.8. The minimum atomic E-state index is -0.729. The SMILES string of the molecule is CC(C)NC(CN1CCCC1C)(C(=O)O)C1CC1. The van der Waals surface area contributed by atoms with Crippen molar-refractivity contribution in [1.82, 2.24) is 10.2 Å². The van der Waals surface area contributed by atoms with Gasteiger partial charge in [-0.15, -0.1) is 0 Å². The van der Waals surface area contributed by atoms with Crippen LogP contribution >= 0.6 is 0 Å². The van der Waals surface area contributed by atoms with Crippen LogP contribution in [-0.2, 0) is 4.79 Å². The Morgan fingerprint density at radius 3 is 2.50 bits per heavy atom. The lowest BCUT2D eigenvalue weighted by Crippen LogP contribution is -2.62. The lowest BCUT2D eigenvalue weighted by molar-refractivity contribution is -0.147. The summed E-state index contributed by atoms with van der Waals surface area (Å²) < 4.78 is 0. The Bertz CT molecular complexity index is 315. The van der Waals surface area contributed by atoms with Crippen molar-refractivity contribution < 1.29 is 9.90 Å². The van der Waals surface area contributed by atoms with Crippen molar-refractivity contribution >= 4 is 5.97 Å². The average molecular weight is 254 g/mol. The number of hydrogen-bond donors (Lipinski definition) is 2. The summed E-state index contributed by atoms with van der Waals surface area (Å²) in [5.74, 6) is -0.358. The van der Waals surface area contributed by atoms with Crippen LogP contribution in [0.4, 0.5) is 0 Å². The van der Waals surface area contributed by atoms with Gasteiger partial charge >= 0.3 is 5.97 Å². The lowest BCUT2D eigenvalue weighted by Gasteiger charge is -2.37. The molecule has 2 atom stereocenters. The number of hydrogen-bond acceptors (Lipinski definition) is 3. The van der Waals surface area contributed by atoms with Crippen molar-refractivity contribution in [3.63, 3.8) is 0 Å². The molecule has 1 heterocycles. The van der Waals surface area contributed by atoms with Gasteiger partial charge in [-0.05, 0) is 58.9 Å². The van der Waals surface area contributed by atoms with Crippen molar-refractivity contribution in [3.8, 4) is 0 Å². The first-order valence-corrected chi connectivity index (χ1v) is 7.21. The summed E-state index contributed by atoms with van der Waals surface area (Å²) in [6.07, 6.45) is 4.49. The van der Waals surface area contributed by atoms with Crippen LogP contribution in [0.15, 0.2) is 0 Å². The van der Waals surface area contributed by atoms with Crippen LogP contribution in [0.2, 0.25) is 0 Å². The van der Waals surface area contributed by atoms with Crippen molar-refractivity contribution in [2.45, 2.75) is 64.1 Å². The van der Waals surface area contributed by atoms with Gasteiger partial charge in [0.2, 0.25) is 0 Å². The van der Waals surface area contributed by atoms with E-state index in [1.807, 2.05) is 13.8 Å². The van der Waals surface area contributed by atoms with Gasteiger partial charge in [0.15, 0.2) is 0 Å². The fraction of sp³-hybridized carbons (Fsp3) is 0.929. The molecular formula is C14H26N2O2. The summed E-state index contributed by atoms with van der Waals surface area (Å²) in [6, 6.07) is 0.732. The number of aliphatic carboxylic acids is 1. The molecule has 1 saturated heterocycles. The number of nitrogens with zero attached hydrogens (tertiary/aromatic N) is 1. The van der Waals surface area contributed by atoms with E-state index in [1.165, 1.54) is 12.8 Å². The van der Waals surface area contributed by atoms with E-state index in [1.54, 1.807) is 0 Å². The first kappa shape index (κ1) is 13.8. The first-order valence-electron chi connectivity index (χ1n) is 7.21. The van der Waals surface area contributed by atoms with Gasteiger partial charge in [0, 0.05) is 18.6 Å². The molecule has 2 aliphatic rings. The van der Waals surface area contributed by atoms with Crippen LogP contribution in [0, 0.1) is 5.92 Å². The Morgan fingerprint density at radius 1 is 1.44 bits per heavy atom. The van der Waals surface area contributed by atoms with Crippen LogP contribution < -0.4 is 5.32 Å². The molecule has 0 aromatic heterocycles. The number of likely N-dealkylation sites (tertiary alicyclic amines) is 1. The molecule has 0 spiro atoms. The van der Waals surface area contributed by atoms with Gasteiger partial charge < -0.3 is 5.11 Å². The Morgan fingerprint density at radius 2 is 2.11 bits per heavy atom. The van der Waals surface area contributed by atoms with Gasteiger partial charge in [-0.25, -0.2) is 0 Å². The molecule has 0 radical (unpaired) electrons. The van der Waals surface area contributed by atoms with Crippen molar-refractivity contribution in [2.24, 2.45) is 5.92 Å². The summed E-state index contributed by atoms with van der Waals surface area (Å²) in [7, 11) is 0. The van der Waals surface area contributed by atoms with Gasteiger partial charge in [0.25, 0.3) is 0 Å². The second-order valence-electron chi connectivity index (χ2n) is 6.31. The molecule has 0 bridgehead atoms. The highest BCUT2D eigenvalue weighted by atomic mass is 16.4. The lowest BCUT2D eigenvalue weighted by atomic mass is 9.91. The number of carboxylic acids is 1. The largest absolute Gasteiger partial charge is 0.480 e. The molecule has 4 heteroatoms. The Labute approximate surface area is 110 Å². The Balaban J connectivity index is 2.14. The van der Waals surface area contributed by atoms with Crippen LogP contribution in [0.3, 0.4) is 0 Å². The highest BCUT2D eigenvalue weighted by molar-refractivity contribution is 5.80. The van der Waals surface area contributed by atoms with E-state index in [0.29, 0.717) is 18.5 Å². The third-order valence-electron chi connectivity index (χ3n) is 4.35. The van der Waals surface area contributed by atoms with Crippen molar-refractivity contribution in [1.29, 1.82) is 0 Å². The summed E-state index contributed by atoms with van der Waals surface area (Å²) in [6.45, 7) is 7.98. The van der Waals surface area contributed by atoms with Gasteiger partial charge in [-0.3, -0.25) is 15.0 Å². The molecule has 4 nitrogen and oxygen atoms in total. The minimum Gasteiger partial charge on any atom is -0.480 e. The van der Waals surface area contributed by atoms with Crippen LogP contribution in [0.5, 0.6) is 0 Å². The third kappa shape index (κ3) is 2.69. The predicted octanol–water partition coefficient (Wildman–Crippen LogP) is 1.70. The molecule has 104 valence electrons. The molecule has 1 aliphatic heterocycles. The van der Waals surface area contributed by atoms with Crippen LogP contribution in [0.25, 0.3) is 0 Å². The van der Waals surface area contributed by atoms with E-state index in [2.05, 4.69) is 17.1 Å². The van der Waals surface area contributed by atoms with Crippen LogP contribution in [-0.4, -0.2) is 46.7 Å². The minimum absolute atomic E-state index is 0.208. The highest BCUT2D eigenvalue weighted by Crippen LogP contribution is 2.41. The maximum Gasteiger partial charge on any atom is 0.325 e. The quantitative estimate of drug-likeness (QED) is 0.757. The Kier molecular flexibility index (Phi) is 3.97. The fourth-order valence-electron chi connectivity index (χ4n) is 3.24. The molecule has 0 aromatic rings. The van der Waals surface area contributed by atoms with E-state index in [-0.39, 0.29) is 6.04 Å². The van der Waals surface area contributed by atoms with Crippen LogP contribution in [0.1, 0.15) is 46.5 Å². The molecule has 2 unspecified atom stereocenters. The second kappa shape index (κ2) is 5.17. The van der Waals surface area contributed by atoms with E-state index in [0.717, 1.165) is 19.4 Å². The van der Waals surface area contributed by atoms with E-state index in [9.17, 15) is 9.90 Å². The zero-order valence-corrected chi connectivity index (χ0v) is 11.8. The zero-order chi connectivity index (χ0) is 13.3. The smallest absolute Gasteiger partial charge is 0.325 e. The first-order chi connectivity index (χ1) is 8.45. The van der Waals surface area contributed by atoms with Gasteiger partial charge in [-0.2, -0.15) is 0 Å². The zero-order valence-electron chi connectivity index (χ0n) is 11.8. The molecule has 0 amide bonds. The molecule has 2 N–H and O–H groups in total. The number of nitrogens with one attached hydrogen (secondary N) is 1. The average Bonchev–Trinajstić information content (AvgIpc) is 3.04. The molecule has 2 fully saturated rings. The maximum absolute atomic E-state index is 11.8. The molecule has 1 aliphatic carbocycles. The van der Waals surface area contributed by atoms with Gasteiger partial charge in [0.1, 0.15) is 5.54 Å². The Hall–Kier alpha value is -0.610. The van der Waals surface area contributed by atoms with Crippen molar-refractivity contribution in [2.75, 3.05) is 13.1 Å². The predicted molar refractivity (Wildman–Crippen MR) is 71.6 cm³/mol. The molecule has 1 saturated carbocycles. The van der Waals surface area contributed by atoms with E-state index in [4.69, 9.17) is 0 Å². The summed E-state index contributed by atoms with van der Waals surface area (Å²) >= 11 is 0. The van der Waals surface area contributed by atoms with E-state index >= 15 is 0 Å². The monoisotopic (exact) mass is 254 g/mol. The molecule has 0 aromatic carbocycles.